The molecule has 0 atom stereocenters. The number of benzene rings is 1. The molecule has 2 aromatic rings. The quantitative estimate of drug-likeness (QED) is 0.751. The average Bonchev–Trinajstić information content (AvgIpc) is 3.11. The van der Waals surface area contributed by atoms with E-state index < -0.39 is 17.2 Å². The molecule has 3 rings (SSSR count). The van der Waals surface area contributed by atoms with E-state index in [1.165, 1.54) is 19.2 Å². The molecule has 0 aliphatic heterocycles. The highest BCUT2D eigenvalue weighted by Crippen LogP contribution is 2.42. The van der Waals surface area contributed by atoms with E-state index in [4.69, 9.17) is 4.74 Å². The number of ether oxygens (including phenoxy) is 1. The van der Waals surface area contributed by atoms with Gasteiger partial charge in [0.1, 0.15) is 0 Å². The van der Waals surface area contributed by atoms with Crippen LogP contribution in [0, 0.1) is 0 Å². The molecule has 25 heavy (non-hydrogen) atoms. The molecule has 1 fully saturated rings. The second-order valence-electron chi connectivity index (χ2n) is 6.29. The van der Waals surface area contributed by atoms with E-state index in [-0.39, 0.29) is 5.97 Å². The van der Waals surface area contributed by atoms with Gasteiger partial charge < -0.3 is 4.74 Å². The number of alkyl halides is 3. The smallest absolute Gasteiger partial charge is 0.416 e. The molecule has 0 saturated heterocycles. The zero-order chi connectivity index (χ0) is 18.1. The Kier molecular flexibility index (Phi) is 4.54. The Bertz CT molecular complexity index is 763. The number of carbonyl (C=O) groups excluding carboxylic acids is 1. The first-order valence-electron chi connectivity index (χ1n) is 8.09. The lowest BCUT2D eigenvalue weighted by atomic mass is 9.79. The number of pyridine rings is 1. The zero-order valence-electron chi connectivity index (χ0n) is 13.8. The Morgan fingerprint density at radius 2 is 1.76 bits per heavy atom. The molecule has 3 nitrogen and oxygen atoms in total. The van der Waals surface area contributed by atoms with Crippen molar-refractivity contribution in [1.82, 2.24) is 4.98 Å². The fraction of sp³-hybridized carbons (Fsp3) is 0.368. The number of carbonyl (C=O) groups is 1. The molecule has 1 saturated carbocycles. The van der Waals surface area contributed by atoms with Crippen LogP contribution in [-0.2, 0) is 21.1 Å². The predicted molar refractivity (Wildman–Crippen MR) is 86.8 cm³/mol. The second-order valence-corrected chi connectivity index (χ2v) is 6.29. The predicted octanol–water partition coefficient (Wildman–Crippen LogP) is 4.75. The fourth-order valence-electron chi connectivity index (χ4n) is 3.50. The molecule has 0 N–H and O–H groups in total. The van der Waals surface area contributed by atoms with Crippen molar-refractivity contribution in [3.63, 3.8) is 0 Å². The highest BCUT2D eigenvalue weighted by Gasteiger charge is 2.44. The molecule has 1 heterocycles. The number of rotatable bonds is 3. The Morgan fingerprint density at radius 3 is 2.32 bits per heavy atom. The van der Waals surface area contributed by atoms with Crippen LogP contribution in [0.25, 0.3) is 11.3 Å². The monoisotopic (exact) mass is 349 g/mol. The molecule has 0 spiro atoms. The normalized spacial score (nSPS) is 16.6. The fourth-order valence-corrected chi connectivity index (χ4v) is 3.50. The third kappa shape index (κ3) is 3.25. The SMILES string of the molecule is COC(=O)C1(c2ccnc(-c3ccc(C(F)(F)F)cc3)c2)CCCC1. The van der Waals surface area contributed by atoms with Gasteiger partial charge in [0.2, 0.25) is 0 Å². The van der Waals surface area contributed by atoms with E-state index in [2.05, 4.69) is 4.98 Å². The molecule has 0 amide bonds. The molecule has 0 unspecified atom stereocenters. The number of esters is 1. The molecule has 6 heteroatoms. The third-order valence-corrected chi connectivity index (χ3v) is 4.85. The molecule has 1 aliphatic rings. The van der Waals surface area contributed by atoms with E-state index in [0.29, 0.717) is 24.1 Å². The Balaban J connectivity index is 1.98. The maximum atomic E-state index is 12.7. The lowest BCUT2D eigenvalue weighted by Gasteiger charge is -2.26. The highest BCUT2D eigenvalue weighted by molar-refractivity contribution is 5.84. The summed E-state index contributed by atoms with van der Waals surface area (Å²) in [6, 6.07) is 8.44. The first-order valence-corrected chi connectivity index (χ1v) is 8.09. The maximum Gasteiger partial charge on any atom is 0.416 e. The van der Waals surface area contributed by atoms with Gasteiger partial charge >= 0.3 is 12.1 Å². The summed E-state index contributed by atoms with van der Waals surface area (Å²) in [5, 5.41) is 0. The van der Waals surface area contributed by atoms with Crippen molar-refractivity contribution in [2.45, 2.75) is 37.3 Å². The second kappa shape index (κ2) is 6.50. The summed E-state index contributed by atoms with van der Waals surface area (Å²) in [4.78, 5) is 16.6. The maximum absolute atomic E-state index is 12.7. The minimum atomic E-state index is -4.37. The zero-order valence-corrected chi connectivity index (χ0v) is 13.8. The van der Waals surface area contributed by atoms with Crippen LogP contribution in [0.15, 0.2) is 42.6 Å². The van der Waals surface area contributed by atoms with Crippen LogP contribution in [0.3, 0.4) is 0 Å². The van der Waals surface area contributed by atoms with Crippen molar-refractivity contribution in [3.8, 4) is 11.3 Å². The molecule has 1 aromatic heterocycles. The first kappa shape index (κ1) is 17.5. The lowest BCUT2D eigenvalue weighted by molar-refractivity contribution is -0.147. The van der Waals surface area contributed by atoms with Gasteiger partial charge in [-0.3, -0.25) is 9.78 Å². The molecule has 0 bridgehead atoms. The highest BCUT2D eigenvalue weighted by atomic mass is 19.4. The summed E-state index contributed by atoms with van der Waals surface area (Å²) in [7, 11) is 1.38. The molecule has 0 radical (unpaired) electrons. The van der Waals surface area contributed by atoms with Crippen LogP contribution < -0.4 is 0 Å². The number of aromatic nitrogens is 1. The first-order chi connectivity index (χ1) is 11.9. The van der Waals surface area contributed by atoms with Crippen molar-refractivity contribution in [2.75, 3.05) is 7.11 Å². The summed E-state index contributed by atoms with van der Waals surface area (Å²) in [6.45, 7) is 0. The van der Waals surface area contributed by atoms with Gasteiger partial charge in [0.05, 0.1) is 23.8 Å². The summed E-state index contributed by atoms with van der Waals surface area (Å²) in [5.74, 6) is -0.269. The van der Waals surface area contributed by atoms with Crippen LogP contribution in [0.4, 0.5) is 13.2 Å². The van der Waals surface area contributed by atoms with E-state index in [9.17, 15) is 18.0 Å². The number of nitrogens with zero attached hydrogens (tertiary/aromatic N) is 1. The summed E-state index contributed by atoms with van der Waals surface area (Å²) in [6.07, 6.45) is 0.504. The van der Waals surface area contributed by atoms with Crippen LogP contribution >= 0.6 is 0 Å². The Labute approximate surface area is 143 Å². The topological polar surface area (TPSA) is 39.2 Å². The van der Waals surface area contributed by atoms with Gasteiger partial charge in [-0.15, -0.1) is 0 Å². The van der Waals surface area contributed by atoms with Crippen molar-refractivity contribution in [3.05, 3.63) is 53.7 Å². The van der Waals surface area contributed by atoms with Gasteiger partial charge in [-0.25, -0.2) is 0 Å². The summed E-state index contributed by atoms with van der Waals surface area (Å²) >= 11 is 0. The van der Waals surface area contributed by atoms with Gasteiger partial charge in [-0.1, -0.05) is 25.0 Å². The van der Waals surface area contributed by atoms with E-state index in [1.54, 1.807) is 18.3 Å². The molecular weight excluding hydrogens is 331 g/mol. The minimum Gasteiger partial charge on any atom is -0.468 e. The van der Waals surface area contributed by atoms with Crippen LogP contribution in [0.1, 0.15) is 36.8 Å². The van der Waals surface area contributed by atoms with Gasteiger partial charge in [0.15, 0.2) is 0 Å². The van der Waals surface area contributed by atoms with E-state index in [0.717, 1.165) is 30.5 Å². The third-order valence-electron chi connectivity index (χ3n) is 4.85. The average molecular weight is 349 g/mol. The molecule has 1 aromatic carbocycles. The van der Waals surface area contributed by atoms with Crippen molar-refractivity contribution in [1.29, 1.82) is 0 Å². The van der Waals surface area contributed by atoms with Crippen LogP contribution in [-0.4, -0.2) is 18.1 Å². The number of methoxy groups -OCH3 is 1. The van der Waals surface area contributed by atoms with E-state index >= 15 is 0 Å². The molecule has 1 aliphatic carbocycles. The number of halogens is 3. The lowest BCUT2D eigenvalue weighted by Crippen LogP contribution is -2.34. The minimum absolute atomic E-state index is 0.269. The van der Waals surface area contributed by atoms with E-state index in [1.807, 2.05) is 0 Å². The largest absolute Gasteiger partial charge is 0.468 e. The van der Waals surface area contributed by atoms with Crippen molar-refractivity contribution < 1.29 is 22.7 Å². The van der Waals surface area contributed by atoms with Crippen molar-refractivity contribution in [2.24, 2.45) is 0 Å². The molecular formula is C19H18F3NO2. The number of hydrogen-bond donors (Lipinski definition) is 0. The van der Waals surface area contributed by atoms with Gasteiger partial charge in [0.25, 0.3) is 0 Å². The van der Waals surface area contributed by atoms with Gasteiger partial charge in [-0.05, 0) is 42.7 Å². The Hall–Kier alpha value is -2.37. The van der Waals surface area contributed by atoms with Gasteiger partial charge in [-0.2, -0.15) is 13.2 Å². The number of hydrogen-bond acceptors (Lipinski definition) is 3. The van der Waals surface area contributed by atoms with Crippen LogP contribution in [0.5, 0.6) is 0 Å². The summed E-state index contributed by atoms with van der Waals surface area (Å²) in [5.41, 5.74) is 0.545. The van der Waals surface area contributed by atoms with Gasteiger partial charge in [0, 0.05) is 11.8 Å². The van der Waals surface area contributed by atoms with Crippen molar-refractivity contribution >= 4 is 5.97 Å². The van der Waals surface area contributed by atoms with Crippen LogP contribution in [0.2, 0.25) is 0 Å². The Morgan fingerprint density at radius 1 is 1.12 bits per heavy atom. The standard InChI is InChI=1S/C19H18F3NO2/c1-25-17(24)18(9-2-3-10-18)15-8-11-23-16(12-15)13-4-6-14(7-5-13)19(20,21)22/h4-8,11-12H,2-3,9-10H2,1H3. The summed E-state index contributed by atoms with van der Waals surface area (Å²) < 4.78 is 43.1. The molecule has 132 valence electrons.